The molecule has 0 atom stereocenters. The van der Waals surface area contributed by atoms with Crippen LogP contribution in [-0.2, 0) is 25.9 Å². The molecule has 1 aliphatic rings. The Morgan fingerprint density at radius 3 is 2.43 bits per heavy atom. The molecule has 2 N–H and O–H groups in total. The summed E-state index contributed by atoms with van der Waals surface area (Å²) in [5, 5.41) is 6.70. The number of rotatable bonds is 7. The maximum atomic E-state index is 5.37. The third kappa shape index (κ3) is 5.77. The number of nitrogens with zero attached hydrogens (tertiary/aromatic N) is 1. The van der Waals surface area contributed by atoms with Crippen LogP contribution in [-0.4, -0.2) is 26.7 Å². The van der Waals surface area contributed by atoms with Gasteiger partial charge in [0.05, 0.1) is 20.8 Å². The largest absolute Gasteiger partial charge is 0.493 e. The highest BCUT2D eigenvalue weighted by atomic mass is 127. The van der Waals surface area contributed by atoms with Gasteiger partial charge in [0.15, 0.2) is 17.5 Å². The molecule has 0 amide bonds. The molecular formula is C22H30IN3O2. The Bertz CT molecular complexity index is 808. The van der Waals surface area contributed by atoms with Gasteiger partial charge in [0, 0.05) is 13.1 Å². The number of fused-ring (bicyclic) bond motifs is 1. The molecule has 0 aromatic heterocycles. The summed E-state index contributed by atoms with van der Waals surface area (Å²) < 4.78 is 10.7. The van der Waals surface area contributed by atoms with E-state index in [9.17, 15) is 0 Å². The number of hydrogen-bond acceptors (Lipinski definition) is 3. The summed E-state index contributed by atoms with van der Waals surface area (Å²) in [6, 6.07) is 12.7. The SMILES string of the molecule is CCNC(=NCc1ccc2c(c1)CCC2)NCc1ccc(OC)c(OC)c1.I. The van der Waals surface area contributed by atoms with Crippen molar-refractivity contribution < 1.29 is 9.47 Å². The average molecular weight is 495 g/mol. The van der Waals surface area contributed by atoms with Crippen LogP contribution in [0.2, 0.25) is 0 Å². The first kappa shape index (κ1) is 22.3. The van der Waals surface area contributed by atoms with E-state index in [0.717, 1.165) is 29.6 Å². The smallest absolute Gasteiger partial charge is 0.191 e. The number of hydrogen-bond donors (Lipinski definition) is 2. The van der Waals surface area contributed by atoms with Crippen LogP contribution in [0.1, 0.15) is 35.6 Å². The van der Waals surface area contributed by atoms with Gasteiger partial charge in [-0.2, -0.15) is 0 Å². The summed E-state index contributed by atoms with van der Waals surface area (Å²) in [7, 11) is 3.29. The molecule has 0 radical (unpaired) electrons. The van der Waals surface area contributed by atoms with Gasteiger partial charge in [0.1, 0.15) is 0 Å². The molecule has 2 aromatic rings. The topological polar surface area (TPSA) is 54.9 Å². The number of benzene rings is 2. The lowest BCUT2D eigenvalue weighted by atomic mass is 10.1. The lowest BCUT2D eigenvalue weighted by Crippen LogP contribution is -2.36. The quantitative estimate of drug-likeness (QED) is 0.346. The second-order valence-corrected chi connectivity index (χ2v) is 6.69. The number of halogens is 1. The number of guanidine groups is 1. The summed E-state index contributed by atoms with van der Waals surface area (Å²) in [6.45, 7) is 4.23. The number of aliphatic imine (C=N–C) groups is 1. The maximum Gasteiger partial charge on any atom is 0.191 e. The number of nitrogens with one attached hydrogen (secondary N) is 2. The molecule has 0 saturated carbocycles. The third-order valence-corrected chi connectivity index (χ3v) is 4.83. The summed E-state index contributed by atoms with van der Waals surface area (Å²) in [4.78, 5) is 4.74. The first-order valence-electron chi connectivity index (χ1n) is 9.57. The molecule has 5 nitrogen and oxygen atoms in total. The van der Waals surface area contributed by atoms with Crippen molar-refractivity contribution in [1.29, 1.82) is 0 Å². The van der Waals surface area contributed by atoms with E-state index in [1.807, 2.05) is 18.2 Å². The van der Waals surface area contributed by atoms with Crippen molar-refractivity contribution in [2.24, 2.45) is 4.99 Å². The molecular weight excluding hydrogens is 465 g/mol. The van der Waals surface area contributed by atoms with E-state index in [-0.39, 0.29) is 24.0 Å². The molecule has 0 heterocycles. The molecule has 6 heteroatoms. The van der Waals surface area contributed by atoms with Gasteiger partial charge in [-0.05, 0) is 60.6 Å². The van der Waals surface area contributed by atoms with Gasteiger partial charge in [-0.3, -0.25) is 0 Å². The molecule has 0 unspecified atom stereocenters. The zero-order valence-corrected chi connectivity index (χ0v) is 19.2. The van der Waals surface area contributed by atoms with Crippen LogP contribution in [0.4, 0.5) is 0 Å². The molecule has 0 bridgehead atoms. The predicted molar refractivity (Wildman–Crippen MR) is 125 cm³/mol. The number of aryl methyl sites for hydroxylation is 2. The van der Waals surface area contributed by atoms with Crippen LogP contribution in [0, 0.1) is 0 Å². The fraction of sp³-hybridized carbons (Fsp3) is 0.409. The normalized spacial score (nSPS) is 12.8. The molecule has 152 valence electrons. The summed E-state index contributed by atoms with van der Waals surface area (Å²) >= 11 is 0. The minimum atomic E-state index is 0. The van der Waals surface area contributed by atoms with Crippen molar-refractivity contribution in [2.45, 2.75) is 39.3 Å². The first-order chi connectivity index (χ1) is 13.2. The van der Waals surface area contributed by atoms with Gasteiger partial charge < -0.3 is 20.1 Å². The van der Waals surface area contributed by atoms with E-state index in [1.54, 1.807) is 14.2 Å². The van der Waals surface area contributed by atoms with E-state index < -0.39 is 0 Å². The van der Waals surface area contributed by atoms with E-state index in [2.05, 4.69) is 35.8 Å². The van der Waals surface area contributed by atoms with E-state index in [0.29, 0.717) is 13.1 Å². The van der Waals surface area contributed by atoms with E-state index >= 15 is 0 Å². The van der Waals surface area contributed by atoms with Crippen molar-refractivity contribution in [3.8, 4) is 11.5 Å². The van der Waals surface area contributed by atoms with Crippen molar-refractivity contribution in [3.05, 3.63) is 58.7 Å². The summed E-state index contributed by atoms with van der Waals surface area (Å²) in [5.41, 5.74) is 5.36. The Morgan fingerprint density at radius 1 is 0.929 bits per heavy atom. The van der Waals surface area contributed by atoms with Gasteiger partial charge in [0.2, 0.25) is 0 Å². The Labute approximate surface area is 184 Å². The Morgan fingerprint density at radius 2 is 1.68 bits per heavy atom. The van der Waals surface area contributed by atoms with Gasteiger partial charge in [-0.15, -0.1) is 24.0 Å². The molecule has 0 saturated heterocycles. The highest BCUT2D eigenvalue weighted by Gasteiger charge is 2.10. The van der Waals surface area contributed by atoms with Crippen LogP contribution < -0.4 is 20.1 Å². The molecule has 0 aliphatic heterocycles. The highest BCUT2D eigenvalue weighted by Crippen LogP contribution is 2.27. The van der Waals surface area contributed by atoms with Gasteiger partial charge >= 0.3 is 0 Å². The van der Waals surface area contributed by atoms with E-state index in [1.165, 1.54) is 36.0 Å². The Balaban J connectivity index is 0.00000280. The average Bonchev–Trinajstić information content (AvgIpc) is 3.17. The van der Waals surface area contributed by atoms with Crippen molar-refractivity contribution in [3.63, 3.8) is 0 Å². The molecule has 2 aromatic carbocycles. The van der Waals surface area contributed by atoms with Crippen molar-refractivity contribution in [2.75, 3.05) is 20.8 Å². The Hall–Kier alpha value is -1.96. The van der Waals surface area contributed by atoms with Gasteiger partial charge in [-0.25, -0.2) is 4.99 Å². The minimum absolute atomic E-state index is 0. The van der Waals surface area contributed by atoms with Crippen LogP contribution in [0.25, 0.3) is 0 Å². The zero-order valence-electron chi connectivity index (χ0n) is 16.9. The second kappa shape index (κ2) is 11.1. The molecule has 3 rings (SSSR count). The predicted octanol–water partition coefficient (Wildman–Crippen LogP) is 4.07. The molecule has 0 fully saturated rings. The van der Waals surface area contributed by atoms with Gasteiger partial charge in [-0.1, -0.05) is 24.3 Å². The highest BCUT2D eigenvalue weighted by molar-refractivity contribution is 14.0. The lowest BCUT2D eigenvalue weighted by molar-refractivity contribution is 0.354. The van der Waals surface area contributed by atoms with Crippen LogP contribution >= 0.6 is 24.0 Å². The number of ether oxygens (including phenoxy) is 2. The summed E-state index contributed by atoms with van der Waals surface area (Å²) in [6.07, 6.45) is 3.69. The van der Waals surface area contributed by atoms with Crippen molar-refractivity contribution in [1.82, 2.24) is 10.6 Å². The standard InChI is InChI=1S/C22H29N3O2.HI/c1-4-23-22(24-14-16-8-10-18-6-5-7-19(18)12-16)25-15-17-9-11-20(26-2)21(13-17)27-3;/h8-13H,4-7,14-15H2,1-3H3,(H2,23,24,25);1H. The van der Waals surface area contributed by atoms with Crippen molar-refractivity contribution >= 4 is 29.9 Å². The van der Waals surface area contributed by atoms with Crippen LogP contribution in [0.5, 0.6) is 11.5 Å². The fourth-order valence-corrected chi connectivity index (χ4v) is 3.41. The van der Waals surface area contributed by atoms with E-state index in [4.69, 9.17) is 14.5 Å². The van der Waals surface area contributed by atoms with Crippen LogP contribution in [0.15, 0.2) is 41.4 Å². The fourth-order valence-electron chi connectivity index (χ4n) is 3.41. The van der Waals surface area contributed by atoms with Crippen LogP contribution in [0.3, 0.4) is 0 Å². The molecule has 28 heavy (non-hydrogen) atoms. The summed E-state index contributed by atoms with van der Waals surface area (Å²) in [5.74, 6) is 2.28. The maximum absolute atomic E-state index is 5.37. The molecule has 0 spiro atoms. The third-order valence-electron chi connectivity index (χ3n) is 4.83. The monoisotopic (exact) mass is 495 g/mol. The first-order valence-corrected chi connectivity index (χ1v) is 9.57. The minimum Gasteiger partial charge on any atom is -0.493 e. The van der Waals surface area contributed by atoms with Gasteiger partial charge in [0.25, 0.3) is 0 Å². The number of methoxy groups -OCH3 is 2. The Kier molecular flexibility index (Phi) is 8.89. The molecule has 1 aliphatic carbocycles. The zero-order chi connectivity index (χ0) is 19.1. The second-order valence-electron chi connectivity index (χ2n) is 6.69. The lowest BCUT2D eigenvalue weighted by Gasteiger charge is -2.13.